The zero-order valence-corrected chi connectivity index (χ0v) is 14.1. The summed E-state index contributed by atoms with van der Waals surface area (Å²) in [6, 6.07) is 15.9. The van der Waals surface area contributed by atoms with Crippen LogP contribution in [0.2, 0.25) is 9.88 Å². The molecule has 0 amide bonds. The molecule has 3 rings (SSSR count). The topological polar surface area (TPSA) is 0 Å². The average Bonchev–Trinajstić information content (AvgIpc) is 2.46. The zero-order chi connectivity index (χ0) is 12.8. The van der Waals surface area contributed by atoms with Gasteiger partial charge in [0, 0.05) is 0 Å². The summed E-state index contributed by atoms with van der Waals surface area (Å²) in [5, 5.41) is 0. The molecule has 0 saturated heterocycles. The van der Waals surface area contributed by atoms with Crippen molar-refractivity contribution < 1.29 is 0 Å². The third-order valence-corrected chi connectivity index (χ3v) is 14.2. The van der Waals surface area contributed by atoms with Gasteiger partial charge in [0.05, 0.1) is 0 Å². The number of aryl methyl sites for hydroxylation is 1. The summed E-state index contributed by atoms with van der Waals surface area (Å²) in [5.74, 6) is 0. The summed E-state index contributed by atoms with van der Waals surface area (Å²) in [6.07, 6.45) is 4.59. The third-order valence-electron chi connectivity index (χ3n) is 3.96. The van der Waals surface area contributed by atoms with E-state index in [1.807, 2.05) is 0 Å². The van der Waals surface area contributed by atoms with Crippen LogP contribution in [0.4, 0.5) is 0 Å². The minimum absolute atomic E-state index is 1.35. The fourth-order valence-corrected chi connectivity index (χ4v) is 11.7. The Hall–Kier alpha value is -1.02. The van der Waals surface area contributed by atoms with Crippen molar-refractivity contribution >= 4 is 37.7 Å². The van der Waals surface area contributed by atoms with Crippen molar-refractivity contribution in [1.82, 2.24) is 0 Å². The molecular formula is C17H18Sn. The van der Waals surface area contributed by atoms with Crippen molar-refractivity contribution in [2.45, 2.75) is 16.8 Å². The molecule has 0 aliphatic carbocycles. The standard InChI is InChI=1S/C15H12.2CH3.Sn/c1-13-6-5-9-15(12-13)11-10-14-7-3-2-4-8-14;;;/h2-7,10-12H,1H3;2*1H3;. The van der Waals surface area contributed by atoms with Crippen LogP contribution in [0, 0.1) is 6.92 Å². The Bertz CT molecular complexity index is 636. The van der Waals surface area contributed by atoms with Gasteiger partial charge < -0.3 is 0 Å². The molecule has 18 heavy (non-hydrogen) atoms. The van der Waals surface area contributed by atoms with Gasteiger partial charge >= 0.3 is 114 Å². The quantitative estimate of drug-likeness (QED) is 0.645. The van der Waals surface area contributed by atoms with E-state index in [0.717, 1.165) is 0 Å². The first-order valence-electron chi connectivity index (χ1n) is 6.48. The molecule has 0 saturated carbocycles. The van der Waals surface area contributed by atoms with Crippen molar-refractivity contribution in [1.29, 1.82) is 0 Å². The third kappa shape index (κ3) is 1.83. The first-order valence-corrected chi connectivity index (χ1v) is 15.0. The van der Waals surface area contributed by atoms with Crippen LogP contribution in [0.15, 0.2) is 42.5 Å². The molecule has 1 heterocycles. The molecule has 0 unspecified atom stereocenters. The van der Waals surface area contributed by atoms with E-state index in [2.05, 4.69) is 71.4 Å². The van der Waals surface area contributed by atoms with E-state index in [1.165, 1.54) is 16.7 Å². The molecule has 0 radical (unpaired) electrons. The molecule has 0 aromatic heterocycles. The van der Waals surface area contributed by atoms with E-state index in [4.69, 9.17) is 0 Å². The Labute approximate surface area is 113 Å². The van der Waals surface area contributed by atoms with Gasteiger partial charge in [0.15, 0.2) is 0 Å². The summed E-state index contributed by atoms with van der Waals surface area (Å²) in [6.45, 7) is 2.18. The Morgan fingerprint density at radius 1 is 0.778 bits per heavy atom. The van der Waals surface area contributed by atoms with Crippen LogP contribution < -0.4 is 7.16 Å². The second kappa shape index (κ2) is 4.27. The molecule has 1 aliphatic heterocycles. The van der Waals surface area contributed by atoms with Crippen molar-refractivity contribution in [2.24, 2.45) is 0 Å². The van der Waals surface area contributed by atoms with Crippen LogP contribution in [-0.4, -0.2) is 18.4 Å². The molecule has 0 nitrogen and oxygen atoms in total. The molecule has 0 spiro atoms. The number of benzene rings is 2. The van der Waals surface area contributed by atoms with Crippen LogP contribution in [0.5, 0.6) is 0 Å². The van der Waals surface area contributed by atoms with Gasteiger partial charge in [-0.05, 0) is 0 Å². The van der Waals surface area contributed by atoms with Gasteiger partial charge in [-0.25, -0.2) is 0 Å². The summed E-state index contributed by atoms with van der Waals surface area (Å²) in [7, 11) is 0. The Morgan fingerprint density at radius 2 is 1.44 bits per heavy atom. The normalized spacial score (nSPS) is 15.7. The van der Waals surface area contributed by atoms with Gasteiger partial charge in [0.25, 0.3) is 0 Å². The fourth-order valence-electron chi connectivity index (χ4n) is 2.93. The van der Waals surface area contributed by atoms with E-state index in [9.17, 15) is 0 Å². The van der Waals surface area contributed by atoms with Crippen molar-refractivity contribution in [2.75, 3.05) is 0 Å². The monoisotopic (exact) mass is 342 g/mol. The molecular weight excluding hydrogens is 323 g/mol. The average molecular weight is 341 g/mol. The van der Waals surface area contributed by atoms with E-state index in [0.29, 0.717) is 0 Å². The van der Waals surface area contributed by atoms with Crippen LogP contribution in [0.1, 0.15) is 16.7 Å². The van der Waals surface area contributed by atoms with E-state index in [1.54, 1.807) is 7.16 Å². The molecule has 0 N–H and O–H groups in total. The molecule has 0 fully saturated rings. The van der Waals surface area contributed by atoms with Crippen molar-refractivity contribution in [3.05, 3.63) is 59.2 Å². The first kappa shape index (κ1) is 12.0. The number of rotatable bonds is 0. The second-order valence-corrected chi connectivity index (χ2v) is 18.0. The first-order chi connectivity index (χ1) is 8.59. The molecule has 2 aromatic rings. The van der Waals surface area contributed by atoms with Crippen molar-refractivity contribution in [3.63, 3.8) is 0 Å². The van der Waals surface area contributed by atoms with Gasteiger partial charge in [-0.2, -0.15) is 0 Å². The van der Waals surface area contributed by atoms with Gasteiger partial charge in [-0.15, -0.1) is 0 Å². The fraction of sp³-hybridized carbons (Fsp3) is 0.176. The van der Waals surface area contributed by atoms with Gasteiger partial charge in [-0.1, -0.05) is 0 Å². The van der Waals surface area contributed by atoms with Crippen molar-refractivity contribution in [3.8, 4) is 0 Å². The number of fused-ring (bicyclic) bond motifs is 2. The summed E-state index contributed by atoms with van der Waals surface area (Å²) in [4.78, 5) is 5.04. The number of hydrogen-bond donors (Lipinski definition) is 0. The van der Waals surface area contributed by atoms with Gasteiger partial charge in [0.1, 0.15) is 0 Å². The van der Waals surface area contributed by atoms with Crippen LogP contribution in [-0.2, 0) is 0 Å². The Kier molecular flexibility index (Phi) is 2.85. The maximum atomic E-state index is 2.52. The van der Waals surface area contributed by atoms with E-state index >= 15 is 0 Å². The Morgan fingerprint density at radius 3 is 2.28 bits per heavy atom. The van der Waals surface area contributed by atoms with Gasteiger partial charge in [0.2, 0.25) is 0 Å². The second-order valence-electron chi connectivity index (χ2n) is 5.64. The van der Waals surface area contributed by atoms with Crippen LogP contribution in [0.25, 0.3) is 12.2 Å². The van der Waals surface area contributed by atoms with Crippen LogP contribution in [0.3, 0.4) is 0 Å². The van der Waals surface area contributed by atoms with Crippen LogP contribution >= 0.6 is 0 Å². The Balaban J connectivity index is 2.33. The predicted molar refractivity (Wildman–Crippen MR) is 83.3 cm³/mol. The molecule has 2 aromatic carbocycles. The molecule has 0 bridgehead atoms. The molecule has 1 aliphatic rings. The minimum atomic E-state index is -2.40. The SMILES string of the molecule is Cc1cc[c]2c(c1)C=Cc1cccc[c]1[Sn]2([CH3])[CH3]. The summed E-state index contributed by atoms with van der Waals surface area (Å²) >= 11 is -2.40. The molecule has 0 atom stereocenters. The number of hydrogen-bond acceptors (Lipinski definition) is 0. The maximum absolute atomic E-state index is 2.52. The summed E-state index contributed by atoms with van der Waals surface area (Å²) < 4.78 is 3.24. The van der Waals surface area contributed by atoms with E-state index in [-0.39, 0.29) is 0 Å². The predicted octanol–water partition coefficient (Wildman–Crippen LogP) is 3.30. The van der Waals surface area contributed by atoms with Gasteiger partial charge in [-0.3, -0.25) is 0 Å². The zero-order valence-electron chi connectivity index (χ0n) is 11.2. The molecule has 1 heteroatoms. The summed E-state index contributed by atoms with van der Waals surface area (Å²) in [5.41, 5.74) is 4.21. The van der Waals surface area contributed by atoms with E-state index < -0.39 is 18.4 Å². The molecule has 90 valence electrons.